The van der Waals surface area contributed by atoms with Crippen molar-refractivity contribution >= 4 is 10.9 Å². The van der Waals surface area contributed by atoms with E-state index >= 15 is 0 Å². The molecule has 2 heteroatoms. The van der Waals surface area contributed by atoms with Gasteiger partial charge in [-0.25, -0.2) is 0 Å². The van der Waals surface area contributed by atoms with E-state index in [2.05, 4.69) is 72.7 Å². The van der Waals surface area contributed by atoms with Gasteiger partial charge in [-0.3, -0.25) is 4.98 Å². The monoisotopic (exact) mass is 276 g/mol. The molecule has 0 fully saturated rings. The lowest BCUT2D eigenvalue weighted by Gasteiger charge is -2.17. The van der Waals surface area contributed by atoms with Gasteiger partial charge < -0.3 is 5.32 Å². The fourth-order valence-electron chi connectivity index (χ4n) is 2.76. The molecule has 0 saturated heterocycles. The van der Waals surface area contributed by atoms with Crippen LogP contribution in [0.15, 0.2) is 60.8 Å². The van der Waals surface area contributed by atoms with Crippen molar-refractivity contribution in [2.45, 2.75) is 26.4 Å². The molecular formula is C19H20N2. The SMILES string of the molecule is Cc1ccccc1[C@H](C)NCc1cccc2cccnc12. The van der Waals surface area contributed by atoms with Gasteiger partial charge in [-0.1, -0.05) is 48.5 Å². The molecule has 106 valence electrons. The number of para-hydroxylation sites is 1. The smallest absolute Gasteiger partial charge is 0.0746 e. The van der Waals surface area contributed by atoms with E-state index in [9.17, 15) is 0 Å². The van der Waals surface area contributed by atoms with Crippen LogP contribution in [-0.4, -0.2) is 4.98 Å². The van der Waals surface area contributed by atoms with Crippen molar-refractivity contribution in [2.75, 3.05) is 0 Å². The van der Waals surface area contributed by atoms with Crippen LogP contribution in [0.4, 0.5) is 0 Å². The summed E-state index contributed by atoms with van der Waals surface area (Å²) in [5.74, 6) is 0. The minimum atomic E-state index is 0.324. The van der Waals surface area contributed by atoms with Crippen LogP contribution in [0, 0.1) is 6.92 Å². The summed E-state index contributed by atoms with van der Waals surface area (Å²) in [5, 5.41) is 4.80. The molecule has 1 N–H and O–H groups in total. The Balaban J connectivity index is 1.79. The molecule has 0 aliphatic heterocycles. The van der Waals surface area contributed by atoms with E-state index in [4.69, 9.17) is 0 Å². The highest BCUT2D eigenvalue weighted by Crippen LogP contribution is 2.19. The Morgan fingerprint density at radius 2 is 1.81 bits per heavy atom. The van der Waals surface area contributed by atoms with E-state index in [0.29, 0.717) is 6.04 Å². The lowest BCUT2D eigenvalue weighted by Crippen LogP contribution is -2.19. The first-order valence-corrected chi connectivity index (χ1v) is 7.37. The normalized spacial score (nSPS) is 12.5. The van der Waals surface area contributed by atoms with Crippen molar-refractivity contribution in [1.29, 1.82) is 0 Å². The van der Waals surface area contributed by atoms with Crippen molar-refractivity contribution < 1.29 is 0 Å². The van der Waals surface area contributed by atoms with Crippen molar-refractivity contribution in [1.82, 2.24) is 10.3 Å². The summed E-state index contributed by atoms with van der Waals surface area (Å²) >= 11 is 0. The van der Waals surface area contributed by atoms with Gasteiger partial charge in [0, 0.05) is 24.2 Å². The third-order valence-corrected chi connectivity index (χ3v) is 3.97. The van der Waals surface area contributed by atoms with Crippen molar-refractivity contribution in [3.8, 4) is 0 Å². The van der Waals surface area contributed by atoms with Gasteiger partial charge in [-0.15, -0.1) is 0 Å². The van der Waals surface area contributed by atoms with Crippen molar-refractivity contribution in [2.24, 2.45) is 0 Å². The highest BCUT2D eigenvalue weighted by molar-refractivity contribution is 5.81. The Morgan fingerprint density at radius 3 is 2.67 bits per heavy atom. The van der Waals surface area contributed by atoms with Crippen LogP contribution in [0.1, 0.15) is 29.7 Å². The minimum absolute atomic E-state index is 0.324. The molecule has 1 aromatic heterocycles. The van der Waals surface area contributed by atoms with Gasteiger partial charge in [0.15, 0.2) is 0 Å². The van der Waals surface area contributed by atoms with E-state index in [1.807, 2.05) is 12.3 Å². The van der Waals surface area contributed by atoms with Gasteiger partial charge in [0.05, 0.1) is 5.52 Å². The summed E-state index contributed by atoms with van der Waals surface area (Å²) in [6.07, 6.45) is 1.86. The van der Waals surface area contributed by atoms with E-state index in [1.54, 1.807) is 0 Å². The summed E-state index contributed by atoms with van der Waals surface area (Å²) in [6.45, 7) is 5.19. The van der Waals surface area contributed by atoms with Gasteiger partial charge in [-0.2, -0.15) is 0 Å². The largest absolute Gasteiger partial charge is 0.306 e. The van der Waals surface area contributed by atoms with Crippen LogP contribution in [0.3, 0.4) is 0 Å². The first-order valence-electron chi connectivity index (χ1n) is 7.37. The number of benzene rings is 2. The number of pyridine rings is 1. The van der Waals surface area contributed by atoms with E-state index in [1.165, 1.54) is 22.1 Å². The number of aryl methyl sites for hydroxylation is 1. The Morgan fingerprint density at radius 1 is 1.00 bits per heavy atom. The molecule has 21 heavy (non-hydrogen) atoms. The third-order valence-electron chi connectivity index (χ3n) is 3.97. The van der Waals surface area contributed by atoms with E-state index in [0.717, 1.165) is 12.1 Å². The summed E-state index contributed by atoms with van der Waals surface area (Å²) in [6, 6.07) is 19.3. The molecule has 0 saturated carbocycles. The summed E-state index contributed by atoms with van der Waals surface area (Å²) in [7, 11) is 0. The maximum absolute atomic E-state index is 4.51. The molecule has 3 rings (SSSR count). The number of hydrogen-bond acceptors (Lipinski definition) is 2. The van der Waals surface area contributed by atoms with Crippen molar-refractivity contribution in [3.63, 3.8) is 0 Å². The van der Waals surface area contributed by atoms with E-state index in [-0.39, 0.29) is 0 Å². The molecule has 0 amide bonds. The maximum Gasteiger partial charge on any atom is 0.0746 e. The number of rotatable bonds is 4. The minimum Gasteiger partial charge on any atom is -0.306 e. The number of aromatic nitrogens is 1. The summed E-state index contributed by atoms with van der Waals surface area (Å²) in [4.78, 5) is 4.51. The Kier molecular flexibility index (Phi) is 3.98. The Hall–Kier alpha value is -2.19. The first-order chi connectivity index (χ1) is 10.3. The molecule has 0 bridgehead atoms. The topological polar surface area (TPSA) is 24.9 Å². The molecule has 0 unspecified atom stereocenters. The second-order valence-corrected chi connectivity index (χ2v) is 5.45. The lowest BCUT2D eigenvalue weighted by molar-refractivity contribution is 0.573. The fraction of sp³-hybridized carbons (Fsp3) is 0.211. The quantitative estimate of drug-likeness (QED) is 0.764. The summed E-state index contributed by atoms with van der Waals surface area (Å²) < 4.78 is 0. The molecular weight excluding hydrogens is 256 g/mol. The molecule has 1 heterocycles. The number of nitrogens with zero attached hydrogens (tertiary/aromatic N) is 1. The average molecular weight is 276 g/mol. The Bertz CT molecular complexity index is 744. The third kappa shape index (κ3) is 2.96. The van der Waals surface area contributed by atoms with Gasteiger partial charge in [-0.05, 0) is 36.6 Å². The number of hydrogen-bond donors (Lipinski definition) is 1. The predicted octanol–water partition coefficient (Wildman–Crippen LogP) is 4.39. The van der Waals surface area contributed by atoms with Gasteiger partial charge in [0.25, 0.3) is 0 Å². The molecule has 1 atom stereocenters. The van der Waals surface area contributed by atoms with Gasteiger partial charge in [0.1, 0.15) is 0 Å². The number of nitrogens with one attached hydrogen (secondary N) is 1. The second kappa shape index (κ2) is 6.06. The highest BCUT2D eigenvalue weighted by Gasteiger charge is 2.08. The van der Waals surface area contributed by atoms with Crippen LogP contribution in [0.2, 0.25) is 0 Å². The zero-order valence-electron chi connectivity index (χ0n) is 12.5. The molecule has 2 aromatic carbocycles. The van der Waals surface area contributed by atoms with Crippen molar-refractivity contribution in [3.05, 3.63) is 77.5 Å². The zero-order valence-corrected chi connectivity index (χ0v) is 12.5. The molecule has 0 spiro atoms. The number of fused-ring (bicyclic) bond motifs is 1. The molecule has 0 radical (unpaired) electrons. The standard InChI is InChI=1S/C19H20N2/c1-14-7-3-4-11-18(14)15(2)21-13-17-9-5-8-16-10-6-12-20-19(16)17/h3-12,15,21H,13H2,1-2H3/t15-/m0/s1. The van der Waals surface area contributed by atoms with Crippen LogP contribution in [0.5, 0.6) is 0 Å². The molecule has 0 aliphatic rings. The van der Waals surface area contributed by atoms with Gasteiger partial charge >= 0.3 is 0 Å². The lowest BCUT2D eigenvalue weighted by atomic mass is 10.0. The van der Waals surface area contributed by atoms with Gasteiger partial charge in [0.2, 0.25) is 0 Å². The molecule has 3 aromatic rings. The second-order valence-electron chi connectivity index (χ2n) is 5.45. The highest BCUT2D eigenvalue weighted by atomic mass is 14.9. The zero-order chi connectivity index (χ0) is 14.7. The van der Waals surface area contributed by atoms with Crippen LogP contribution >= 0.6 is 0 Å². The fourth-order valence-corrected chi connectivity index (χ4v) is 2.76. The predicted molar refractivity (Wildman–Crippen MR) is 88.2 cm³/mol. The van der Waals surface area contributed by atoms with E-state index < -0.39 is 0 Å². The summed E-state index contributed by atoms with van der Waals surface area (Å²) in [5.41, 5.74) is 5.01. The molecule has 2 nitrogen and oxygen atoms in total. The first kappa shape index (κ1) is 13.8. The maximum atomic E-state index is 4.51. The van der Waals surface area contributed by atoms with Crippen LogP contribution in [0.25, 0.3) is 10.9 Å². The van der Waals surface area contributed by atoms with Crippen LogP contribution < -0.4 is 5.32 Å². The average Bonchev–Trinajstić information content (AvgIpc) is 2.53. The molecule has 0 aliphatic carbocycles. The Labute approximate surface area is 125 Å². The van der Waals surface area contributed by atoms with Crippen LogP contribution in [-0.2, 0) is 6.54 Å².